The van der Waals surface area contributed by atoms with Gasteiger partial charge in [0.25, 0.3) is 11.8 Å². The van der Waals surface area contributed by atoms with Crippen LogP contribution in [0, 0.1) is 23.7 Å². The number of ether oxygens (including phenoxy) is 2. The van der Waals surface area contributed by atoms with Gasteiger partial charge in [-0.25, -0.2) is 4.79 Å². The first kappa shape index (κ1) is 66.5. The molecular weight excluding hydrogens is 1140 g/mol. The Morgan fingerprint density at radius 3 is 1.58 bits per heavy atom. The van der Waals surface area contributed by atoms with E-state index in [9.17, 15) is 63.6 Å². The molecule has 0 bridgehead atoms. The molecule has 4 fully saturated rings. The highest BCUT2D eigenvalue weighted by Crippen LogP contribution is 2.53. The van der Waals surface area contributed by atoms with Crippen molar-refractivity contribution in [2.75, 3.05) is 43.4 Å². The SMILES string of the molecule is CC(C)C[C@H](NC=O)C(=O)N[C@@H](C(=O)N1[C@H](C(=O)NCC(=O)OC(C(=O)N2CCCC2)C(C)C)C[C@@]2(O)c3cc(-c4ccc5c(c4)[C@]4(O)C[C@@H](C(=O)NC(C(=O)OC(C(=O)N6CCCC6)C(C)C)C(C)C)N(C(=O)C[C@H](C)O)[C@@H]4N5)ccc3N[C@@H]12)[C@H](C)O. The minimum atomic E-state index is -2.08. The van der Waals surface area contributed by atoms with Crippen LogP contribution in [0.1, 0.15) is 132 Å². The Labute approximate surface area is 512 Å². The zero-order valence-electron chi connectivity index (χ0n) is 51.9. The molecule has 6 aliphatic rings. The van der Waals surface area contributed by atoms with Gasteiger partial charge in [-0.15, -0.1) is 0 Å². The highest BCUT2D eigenvalue weighted by atomic mass is 16.6. The molecule has 482 valence electrons. The molecule has 88 heavy (non-hydrogen) atoms. The molecule has 0 spiro atoms. The number of aliphatic hydroxyl groups excluding tert-OH is 2. The number of benzene rings is 2. The van der Waals surface area contributed by atoms with Gasteiger partial charge in [0.2, 0.25) is 35.9 Å². The Kier molecular flexibility index (Phi) is 20.5. The number of likely N-dealkylation sites (tertiary alicyclic amines) is 4. The zero-order valence-corrected chi connectivity index (χ0v) is 51.9. The average Bonchev–Trinajstić information content (AvgIpc) is 1.63. The predicted octanol–water partition coefficient (Wildman–Crippen LogP) is 0.868. The van der Waals surface area contributed by atoms with Crippen molar-refractivity contribution in [1.29, 1.82) is 0 Å². The van der Waals surface area contributed by atoms with E-state index in [0.29, 0.717) is 55.1 Å². The van der Waals surface area contributed by atoms with Crippen LogP contribution >= 0.6 is 0 Å². The lowest BCUT2D eigenvalue weighted by Crippen LogP contribution is -2.62. The molecule has 6 heterocycles. The standard InChI is InChI=1S/C62H88N10O16/c1-31(2)23-43(64-30-73)52(78)68-49(36(10)75)55(81)72-44(53(79)63-29-47(77)87-50(33(5)6)56(82)69-19-11-12-20-69)27-62(86)40-26-38(16-18-42(40)66-60(62)72)37-15-17-41-39(25-37)61(85)28-45(71(59(61)65-41)46(76)24-35(9)74)54(80)67-48(32(3)4)58(84)88-51(34(7)8)57(83)70-21-13-14-22-70/h15-18,25-26,30-36,43-45,48-51,59-60,65-66,74-75,85-86H,11-14,19-24,27-29H2,1-10H3,(H,63,79)(H,64,73)(H,67,80)(H,68,78)/t35-,36-,43-,44-,45-,48?,49+,50?,51?,59-,60-,61+,62+/m0/s1. The Balaban J connectivity index is 1.08. The molecule has 0 aromatic heterocycles. The van der Waals surface area contributed by atoms with Gasteiger partial charge < -0.3 is 81.4 Å². The number of esters is 2. The second kappa shape index (κ2) is 27.1. The molecule has 26 heteroatoms. The van der Waals surface area contributed by atoms with Crippen molar-refractivity contribution in [3.63, 3.8) is 0 Å². The number of aliphatic hydroxyl groups is 4. The van der Waals surface area contributed by atoms with E-state index in [1.165, 1.54) is 18.7 Å². The molecule has 2 aromatic carbocycles. The lowest BCUT2D eigenvalue weighted by molar-refractivity contribution is -0.166. The zero-order chi connectivity index (χ0) is 64.4. The molecular formula is C62H88N10O16. The van der Waals surface area contributed by atoms with E-state index >= 15 is 4.79 Å². The summed E-state index contributed by atoms with van der Waals surface area (Å²) in [6.45, 7) is 18.0. The van der Waals surface area contributed by atoms with Crippen molar-refractivity contribution in [3.05, 3.63) is 47.5 Å². The molecule has 0 saturated carbocycles. The summed E-state index contributed by atoms with van der Waals surface area (Å²) in [6.07, 6.45) is -5.13. The summed E-state index contributed by atoms with van der Waals surface area (Å²) in [5.74, 6) is -8.07. The van der Waals surface area contributed by atoms with Crippen molar-refractivity contribution in [2.24, 2.45) is 23.7 Å². The van der Waals surface area contributed by atoms with Gasteiger partial charge in [-0.05, 0) is 105 Å². The molecule has 8 amide bonds. The van der Waals surface area contributed by atoms with E-state index < -0.39 is 151 Å². The van der Waals surface area contributed by atoms with Crippen LogP contribution < -0.4 is 31.9 Å². The predicted molar refractivity (Wildman–Crippen MR) is 318 cm³/mol. The molecule has 3 unspecified atom stereocenters. The summed E-state index contributed by atoms with van der Waals surface area (Å²) < 4.78 is 11.5. The summed E-state index contributed by atoms with van der Waals surface area (Å²) in [5, 5.41) is 64.2. The molecule has 0 aliphatic carbocycles. The second-order valence-corrected chi connectivity index (χ2v) is 26.0. The number of carbonyl (C=O) groups is 10. The maximum absolute atomic E-state index is 15.0. The molecule has 8 rings (SSSR count). The van der Waals surface area contributed by atoms with E-state index in [4.69, 9.17) is 9.47 Å². The van der Waals surface area contributed by atoms with Crippen LogP contribution in [-0.4, -0.2) is 199 Å². The van der Waals surface area contributed by atoms with Crippen LogP contribution in [0.3, 0.4) is 0 Å². The fourth-order valence-electron chi connectivity index (χ4n) is 13.0. The quantitative estimate of drug-likeness (QED) is 0.0515. The van der Waals surface area contributed by atoms with Crippen molar-refractivity contribution < 1.29 is 77.8 Å². The third-order valence-electron chi connectivity index (χ3n) is 17.6. The Hall–Kier alpha value is -7.42. The van der Waals surface area contributed by atoms with Gasteiger partial charge in [-0.2, -0.15) is 0 Å². The maximum atomic E-state index is 15.0. The van der Waals surface area contributed by atoms with E-state index in [-0.39, 0.29) is 47.6 Å². The number of carbonyl (C=O) groups excluding carboxylic acids is 10. The van der Waals surface area contributed by atoms with E-state index in [1.54, 1.807) is 87.7 Å². The molecule has 4 saturated heterocycles. The van der Waals surface area contributed by atoms with Gasteiger partial charge in [-0.1, -0.05) is 67.5 Å². The maximum Gasteiger partial charge on any atom is 0.329 e. The van der Waals surface area contributed by atoms with Gasteiger partial charge in [0.05, 0.1) is 18.6 Å². The number of nitrogens with one attached hydrogen (secondary N) is 6. The minimum absolute atomic E-state index is 0.0880. The van der Waals surface area contributed by atoms with Crippen molar-refractivity contribution >= 4 is 71.1 Å². The van der Waals surface area contributed by atoms with Gasteiger partial charge in [0, 0.05) is 61.5 Å². The molecule has 26 nitrogen and oxygen atoms in total. The van der Waals surface area contributed by atoms with Crippen LogP contribution in [-0.2, 0) is 68.6 Å². The monoisotopic (exact) mass is 1230 g/mol. The molecule has 0 radical (unpaired) electrons. The largest absolute Gasteiger partial charge is 0.451 e. The number of rotatable bonds is 24. The van der Waals surface area contributed by atoms with Crippen molar-refractivity contribution in [1.82, 2.24) is 40.9 Å². The first-order chi connectivity index (χ1) is 41.5. The van der Waals surface area contributed by atoms with Crippen LogP contribution in [0.2, 0.25) is 0 Å². The van der Waals surface area contributed by atoms with E-state index in [1.807, 2.05) is 13.8 Å². The van der Waals surface area contributed by atoms with Crippen LogP contribution in [0.25, 0.3) is 11.1 Å². The lowest BCUT2D eigenvalue weighted by Gasteiger charge is -2.35. The number of hydrogen-bond acceptors (Lipinski definition) is 18. The number of fused-ring (bicyclic) bond motifs is 6. The smallest absolute Gasteiger partial charge is 0.329 e. The van der Waals surface area contributed by atoms with Gasteiger partial charge >= 0.3 is 11.9 Å². The first-order valence-electron chi connectivity index (χ1n) is 30.8. The highest BCUT2D eigenvalue weighted by Gasteiger charge is 2.63. The lowest BCUT2D eigenvalue weighted by atomic mass is 9.86. The van der Waals surface area contributed by atoms with Crippen LogP contribution in [0.5, 0.6) is 0 Å². The number of nitrogens with zero attached hydrogens (tertiary/aromatic N) is 4. The topological polar surface area (TPSA) is 355 Å². The number of anilines is 2. The highest BCUT2D eigenvalue weighted by molar-refractivity contribution is 5.97. The molecule has 6 aliphatic heterocycles. The second-order valence-electron chi connectivity index (χ2n) is 26.0. The Bertz CT molecular complexity index is 3000. The van der Waals surface area contributed by atoms with Crippen LogP contribution in [0.4, 0.5) is 11.4 Å². The number of hydrogen-bond donors (Lipinski definition) is 10. The van der Waals surface area contributed by atoms with Crippen molar-refractivity contribution in [3.8, 4) is 11.1 Å². The number of amides is 8. The summed E-state index contributed by atoms with van der Waals surface area (Å²) in [4.78, 5) is 143. The van der Waals surface area contributed by atoms with Gasteiger partial charge in [-0.3, -0.25) is 43.2 Å². The Morgan fingerprint density at radius 2 is 1.12 bits per heavy atom. The first-order valence-corrected chi connectivity index (χ1v) is 30.8. The summed E-state index contributed by atoms with van der Waals surface area (Å²) >= 11 is 0. The summed E-state index contributed by atoms with van der Waals surface area (Å²) in [5.41, 5.74) is -1.85. The van der Waals surface area contributed by atoms with Crippen molar-refractivity contribution in [2.45, 2.75) is 199 Å². The van der Waals surface area contributed by atoms with Crippen LogP contribution in [0.15, 0.2) is 36.4 Å². The summed E-state index contributed by atoms with van der Waals surface area (Å²) in [7, 11) is 0. The van der Waals surface area contributed by atoms with E-state index in [2.05, 4.69) is 31.9 Å². The molecule has 13 atom stereocenters. The Morgan fingerprint density at radius 1 is 0.636 bits per heavy atom. The fourth-order valence-corrected chi connectivity index (χ4v) is 13.0. The molecule has 2 aromatic rings. The summed E-state index contributed by atoms with van der Waals surface area (Å²) in [6, 6.07) is 2.95. The third-order valence-corrected chi connectivity index (χ3v) is 17.6. The minimum Gasteiger partial charge on any atom is -0.451 e. The normalized spacial score (nSPS) is 24.9. The third kappa shape index (κ3) is 13.6. The van der Waals surface area contributed by atoms with Gasteiger partial charge in [0.1, 0.15) is 60.3 Å². The van der Waals surface area contributed by atoms with Gasteiger partial charge in [0.15, 0.2) is 12.2 Å². The molecule has 10 N–H and O–H groups in total. The van der Waals surface area contributed by atoms with E-state index in [0.717, 1.165) is 30.6 Å². The average molecular weight is 1230 g/mol. The fraction of sp³-hybridized carbons (Fsp3) is 0.645.